The van der Waals surface area contributed by atoms with E-state index in [0.29, 0.717) is 21.8 Å². The van der Waals surface area contributed by atoms with Crippen LogP contribution in [0.15, 0.2) is 36.5 Å². The summed E-state index contributed by atoms with van der Waals surface area (Å²) in [6.45, 7) is 1.85. The lowest BCUT2D eigenvalue weighted by Gasteiger charge is -2.12. The molecule has 2 N–H and O–H groups in total. The monoisotopic (exact) mass is 346 g/mol. The molecule has 0 saturated heterocycles. The summed E-state index contributed by atoms with van der Waals surface area (Å²) in [6.07, 6.45) is 1.84. The molecule has 0 atom stereocenters. The van der Waals surface area contributed by atoms with Gasteiger partial charge < -0.3 is 15.0 Å². The third kappa shape index (κ3) is 3.21. The molecule has 1 amide bonds. The zero-order valence-electron chi connectivity index (χ0n) is 13.2. The molecule has 0 unspecified atom stereocenters. The van der Waals surface area contributed by atoms with E-state index in [9.17, 15) is 9.18 Å². The number of hydrogen-bond acceptors (Lipinski definition) is 2. The average molecular weight is 347 g/mol. The summed E-state index contributed by atoms with van der Waals surface area (Å²) in [4.78, 5) is 15.4. The fourth-order valence-corrected chi connectivity index (χ4v) is 2.75. The molecule has 1 aromatic heterocycles. The molecule has 24 heavy (non-hydrogen) atoms. The molecule has 124 valence electrons. The van der Waals surface area contributed by atoms with E-state index in [0.717, 1.165) is 16.6 Å². The van der Waals surface area contributed by atoms with Crippen LogP contribution in [0.5, 0.6) is 5.75 Å². The Morgan fingerprint density at radius 2 is 2.12 bits per heavy atom. The standard InChI is InChI=1S/C18H16ClFN2O2/c1-10-5-16(17(24-2)8-14(10)19)22-18(23)6-11-9-21-15-4-3-12(20)7-13(11)15/h3-5,7-9,21H,6H2,1-2H3,(H,22,23). The van der Waals surface area contributed by atoms with Crippen molar-refractivity contribution in [3.8, 4) is 5.75 Å². The van der Waals surface area contributed by atoms with Gasteiger partial charge in [-0.1, -0.05) is 11.6 Å². The fraction of sp³-hybridized carbons (Fsp3) is 0.167. The number of aromatic amines is 1. The third-order valence-electron chi connectivity index (χ3n) is 3.84. The van der Waals surface area contributed by atoms with Crippen molar-refractivity contribution in [3.05, 3.63) is 58.5 Å². The van der Waals surface area contributed by atoms with Crippen LogP contribution in [0.25, 0.3) is 10.9 Å². The summed E-state index contributed by atoms with van der Waals surface area (Å²) in [5.74, 6) is -0.0668. The number of methoxy groups -OCH3 is 1. The predicted octanol–water partition coefficient (Wildman–Crippen LogP) is 4.46. The van der Waals surface area contributed by atoms with E-state index in [-0.39, 0.29) is 18.1 Å². The first-order valence-corrected chi connectivity index (χ1v) is 7.75. The summed E-state index contributed by atoms with van der Waals surface area (Å²) in [5, 5.41) is 4.08. The number of nitrogens with one attached hydrogen (secondary N) is 2. The summed E-state index contributed by atoms with van der Waals surface area (Å²) in [5.41, 5.74) is 2.91. The molecule has 0 aliphatic rings. The number of aromatic nitrogens is 1. The van der Waals surface area contributed by atoms with E-state index in [4.69, 9.17) is 16.3 Å². The normalized spacial score (nSPS) is 10.8. The zero-order valence-corrected chi connectivity index (χ0v) is 14.0. The number of hydrogen-bond donors (Lipinski definition) is 2. The number of ether oxygens (including phenoxy) is 1. The van der Waals surface area contributed by atoms with Crippen molar-refractivity contribution in [2.24, 2.45) is 0 Å². The van der Waals surface area contributed by atoms with Crippen LogP contribution in [0.2, 0.25) is 5.02 Å². The maximum absolute atomic E-state index is 13.4. The maximum atomic E-state index is 13.4. The molecule has 4 nitrogen and oxygen atoms in total. The van der Waals surface area contributed by atoms with Crippen molar-refractivity contribution < 1.29 is 13.9 Å². The van der Waals surface area contributed by atoms with E-state index in [1.54, 1.807) is 24.4 Å². The van der Waals surface area contributed by atoms with Gasteiger partial charge in [0, 0.05) is 28.2 Å². The van der Waals surface area contributed by atoms with E-state index >= 15 is 0 Å². The van der Waals surface area contributed by atoms with Crippen LogP contribution in [0.3, 0.4) is 0 Å². The lowest BCUT2D eigenvalue weighted by atomic mass is 10.1. The third-order valence-corrected chi connectivity index (χ3v) is 4.24. The molecule has 0 spiro atoms. The molecular weight excluding hydrogens is 331 g/mol. The van der Waals surface area contributed by atoms with Crippen molar-refractivity contribution in [1.29, 1.82) is 0 Å². The molecule has 3 aromatic rings. The van der Waals surface area contributed by atoms with Crippen LogP contribution in [-0.4, -0.2) is 18.0 Å². The molecule has 0 fully saturated rings. The first kappa shape index (κ1) is 16.3. The number of amides is 1. The van der Waals surface area contributed by atoms with Gasteiger partial charge in [-0.2, -0.15) is 0 Å². The minimum atomic E-state index is -0.334. The van der Waals surface area contributed by atoms with Gasteiger partial charge in [0.25, 0.3) is 0 Å². The molecule has 0 radical (unpaired) electrons. The van der Waals surface area contributed by atoms with Gasteiger partial charge in [0.05, 0.1) is 19.2 Å². The summed E-state index contributed by atoms with van der Waals surface area (Å²) >= 11 is 6.06. The minimum Gasteiger partial charge on any atom is -0.495 e. The maximum Gasteiger partial charge on any atom is 0.228 e. The molecule has 3 rings (SSSR count). The Morgan fingerprint density at radius 3 is 2.88 bits per heavy atom. The fourth-order valence-electron chi connectivity index (χ4n) is 2.59. The molecule has 0 aliphatic heterocycles. The van der Waals surface area contributed by atoms with Gasteiger partial charge in [0.1, 0.15) is 11.6 Å². The minimum absolute atomic E-state index is 0.119. The Balaban J connectivity index is 1.83. The van der Waals surface area contributed by atoms with Crippen molar-refractivity contribution in [2.75, 3.05) is 12.4 Å². The SMILES string of the molecule is COc1cc(Cl)c(C)cc1NC(=O)Cc1c[nH]c2ccc(F)cc12. The largest absolute Gasteiger partial charge is 0.495 e. The second-order valence-corrected chi connectivity index (χ2v) is 5.94. The Bertz CT molecular complexity index is 921. The predicted molar refractivity (Wildman–Crippen MR) is 93.3 cm³/mol. The molecule has 6 heteroatoms. The van der Waals surface area contributed by atoms with E-state index in [1.807, 2.05) is 6.92 Å². The molecule has 2 aromatic carbocycles. The van der Waals surface area contributed by atoms with Crippen molar-refractivity contribution >= 4 is 34.1 Å². The van der Waals surface area contributed by atoms with Crippen LogP contribution in [0.4, 0.5) is 10.1 Å². The van der Waals surface area contributed by atoms with Gasteiger partial charge in [0.2, 0.25) is 5.91 Å². The topological polar surface area (TPSA) is 54.1 Å². The number of aryl methyl sites for hydroxylation is 1. The van der Waals surface area contributed by atoms with Crippen LogP contribution in [0, 0.1) is 12.7 Å². The highest BCUT2D eigenvalue weighted by Gasteiger charge is 2.13. The number of rotatable bonds is 4. The number of H-pyrrole nitrogens is 1. The molecule has 1 heterocycles. The zero-order chi connectivity index (χ0) is 17.3. The highest BCUT2D eigenvalue weighted by Crippen LogP contribution is 2.31. The van der Waals surface area contributed by atoms with E-state index in [2.05, 4.69) is 10.3 Å². The van der Waals surface area contributed by atoms with Gasteiger partial charge in [-0.25, -0.2) is 4.39 Å². The molecule has 0 aliphatic carbocycles. The van der Waals surface area contributed by atoms with Gasteiger partial charge in [-0.05, 0) is 42.3 Å². The lowest BCUT2D eigenvalue weighted by molar-refractivity contribution is -0.115. The molecule has 0 bridgehead atoms. The van der Waals surface area contributed by atoms with Crippen molar-refractivity contribution in [3.63, 3.8) is 0 Å². The van der Waals surface area contributed by atoms with Crippen LogP contribution >= 0.6 is 11.6 Å². The Kier molecular flexibility index (Phi) is 4.44. The van der Waals surface area contributed by atoms with Crippen LogP contribution < -0.4 is 10.1 Å². The number of halogens is 2. The quantitative estimate of drug-likeness (QED) is 0.732. The van der Waals surface area contributed by atoms with Crippen molar-refractivity contribution in [2.45, 2.75) is 13.3 Å². The average Bonchev–Trinajstić information content (AvgIpc) is 2.92. The van der Waals surface area contributed by atoms with Crippen molar-refractivity contribution in [1.82, 2.24) is 4.98 Å². The Hall–Kier alpha value is -2.53. The van der Waals surface area contributed by atoms with Gasteiger partial charge in [0.15, 0.2) is 0 Å². The first-order valence-electron chi connectivity index (χ1n) is 7.37. The van der Waals surface area contributed by atoms with Crippen LogP contribution in [-0.2, 0) is 11.2 Å². The number of benzene rings is 2. The first-order chi connectivity index (χ1) is 11.5. The van der Waals surface area contributed by atoms with E-state index in [1.165, 1.54) is 19.2 Å². The van der Waals surface area contributed by atoms with Gasteiger partial charge in [-0.3, -0.25) is 4.79 Å². The molecular formula is C18H16ClFN2O2. The lowest BCUT2D eigenvalue weighted by Crippen LogP contribution is -2.15. The summed E-state index contributed by atoms with van der Waals surface area (Å²) in [6, 6.07) is 7.87. The second-order valence-electron chi connectivity index (χ2n) is 5.53. The highest BCUT2D eigenvalue weighted by molar-refractivity contribution is 6.31. The summed E-state index contributed by atoms with van der Waals surface area (Å²) < 4.78 is 18.7. The Labute approximate surface area is 143 Å². The van der Waals surface area contributed by atoms with Gasteiger partial charge in [-0.15, -0.1) is 0 Å². The number of carbonyl (C=O) groups excluding carboxylic acids is 1. The Morgan fingerprint density at radius 1 is 1.33 bits per heavy atom. The number of anilines is 1. The molecule has 0 saturated carbocycles. The number of carbonyl (C=O) groups is 1. The smallest absolute Gasteiger partial charge is 0.228 e. The van der Waals surface area contributed by atoms with Crippen LogP contribution in [0.1, 0.15) is 11.1 Å². The number of fused-ring (bicyclic) bond motifs is 1. The van der Waals surface area contributed by atoms with Gasteiger partial charge >= 0.3 is 0 Å². The van der Waals surface area contributed by atoms with E-state index < -0.39 is 0 Å². The highest BCUT2D eigenvalue weighted by atomic mass is 35.5. The second kappa shape index (κ2) is 6.53. The summed E-state index contributed by atoms with van der Waals surface area (Å²) in [7, 11) is 1.51.